The van der Waals surface area contributed by atoms with Gasteiger partial charge in [-0.2, -0.15) is 9.61 Å². The van der Waals surface area contributed by atoms with Crippen LogP contribution < -0.4 is 0 Å². The molecule has 1 aliphatic carbocycles. The molecule has 5 heteroatoms. The van der Waals surface area contributed by atoms with Gasteiger partial charge < -0.3 is 0 Å². The van der Waals surface area contributed by atoms with Gasteiger partial charge in [0.2, 0.25) is 0 Å². The Morgan fingerprint density at radius 3 is 2.94 bits per heavy atom. The second-order valence-corrected chi connectivity index (χ2v) is 4.70. The largest absolute Gasteiger partial charge is 0.192 e. The van der Waals surface area contributed by atoms with Crippen LogP contribution in [-0.2, 0) is 0 Å². The number of rotatable bonds is 2. The molecule has 0 atom stereocenters. The minimum absolute atomic E-state index is 0.524. The van der Waals surface area contributed by atoms with E-state index in [0.29, 0.717) is 22.5 Å². The predicted octanol–water partition coefficient (Wildman–Crippen LogP) is 2.69. The quantitative estimate of drug-likeness (QED) is 0.778. The number of fused-ring (bicyclic) bond motifs is 1. The van der Waals surface area contributed by atoms with Crippen molar-refractivity contribution in [2.75, 3.05) is 0 Å². The minimum atomic E-state index is 0.524. The Morgan fingerprint density at radius 2 is 2.28 bits per heavy atom. The zero-order valence-electron chi connectivity index (χ0n) is 9.67. The van der Waals surface area contributed by atoms with Crippen LogP contribution in [0.1, 0.15) is 36.6 Å². The van der Waals surface area contributed by atoms with Gasteiger partial charge in [0.15, 0.2) is 16.6 Å². The average Bonchev–Trinajstić information content (AvgIpc) is 2.67. The predicted molar refractivity (Wildman–Crippen MR) is 70.3 cm³/mol. The molecule has 0 bridgehead atoms. The normalized spacial score (nSPS) is 16.0. The zero-order valence-corrected chi connectivity index (χ0v) is 10.4. The van der Waals surface area contributed by atoms with Crippen molar-refractivity contribution in [2.24, 2.45) is 0 Å². The van der Waals surface area contributed by atoms with Crippen molar-refractivity contribution in [3.8, 4) is 12.3 Å². The Balaban J connectivity index is 2.09. The number of halogens is 1. The molecule has 4 nitrogen and oxygen atoms in total. The molecule has 90 valence electrons. The van der Waals surface area contributed by atoms with Crippen molar-refractivity contribution in [2.45, 2.75) is 25.2 Å². The second-order valence-electron chi connectivity index (χ2n) is 4.35. The molecule has 0 saturated heterocycles. The molecule has 1 fully saturated rings. The second kappa shape index (κ2) is 4.43. The first-order valence-electron chi connectivity index (χ1n) is 5.84. The van der Waals surface area contributed by atoms with E-state index in [4.69, 9.17) is 18.0 Å². The summed E-state index contributed by atoms with van der Waals surface area (Å²) in [6.45, 7) is 0. The SMILES string of the molecule is C#C/C=C/c1nnc2cc(C3CCC3)c(Cl)nn12. The monoisotopic (exact) mass is 258 g/mol. The Labute approximate surface area is 110 Å². The summed E-state index contributed by atoms with van der Waals surface area (Å²) in [7, 11) is 0. The summed E-state index contributed by atoms with van der Waals surface area (Å²) in [5.41, 5.74) is 1.79. The Bertz CT molecular complexity index is 661. The van der Waals surface area contributed by atoms with Crippen molar-refractivity contribution in [3.05, 3.63) is 28.7 Å². The molecular weight excluding hydrogens is 248 g/mol. The highest BCUT2D eigenvalue weighted by molar-refractivity contribution is 6.30. The summed E-state index contributed by atoms with van der Waals surface area (Å²) in [5.74, 6) is 3.52. The van der Waals surface area contributed by atoms with Crippen LogP contribution in [0.3, 0.4) is 0 Å². The van der Waals surface area contributed by atoms with Gasteiger partial charge in [-0.05, 0) is 42.5 Å². The first-order chi connectivity index (χ1) is 8.79. The van der Waals surface area contributed by atoms with E-state index in [1.807, 2.05) is 6.07 Å². The summed E-state index contributed by atoms with van der Waals surface area (Å²) < 4.78 is 1.61. The summed E-state index contributed by atoms with van der Waals surface area (Å²) in [5, 5.41) is 13.0. The van der Waals surface area contributed by atoms with Gasteiger partial charge in [-0.1, -0.05) is 23.9 Å². The summed E-state index contributed by atoms with van der Waals surface area (Å²) >= 11 is 6.22. The van der Waals surface area contributed by atoms with Gasteiger partial charge in [0.1, 0.15) is 0 Å². The number of terminal acetylenes is 1. The van der Waals surface area contributed by atoms with Crippen molar-refractivity contribution in [3.63, 3.8) is 0 Å². The first-order valence-corrected chi connectivity index (χ1v) is 6.22. The van der Waals surface area contributed by atoms with Gasteiger partial charge in [0.25, 0.3) is 0 Å². The third kappa shape index (κ3) is 1.77. The number of hydrogen-bond donors (Lipinski definition) is 0. The maximum atomic E-state index is 6.22. The minimum Gasteiger partial charge on any atom is -0.192 e. The van der Waals surface area contributed by atoms with Crippen molar-refractivity contribution in [1.29, 1.82) is 0 Å². The third-order valence-electron chi connectivity index (χ3n) is 3.27. The molecule has 2 aromatic heterocycles. The Morgan fingerprint density at radius 1 is 1.44 bits per heavy atom. The fraction of sp³-hybridized carbons (Fsp3) is 0.308. The van der Waals surface area contributed by atoms with Gasteiger partial charge in [-0.25, -0.2) is 0 Å². The zero-order chi connectivity index (χ0) is 12.5. The van der Waals surface area contributed by atoms with E-state index in [1.54, 1.807) is 16.7 Å². The lowest BCUT2D eigenvalue weighted by atomic mass is 9.81. The highest BCUT2D eigenvalue weighted by Crippen LogP contribution is 2.39. The van der Waals surface area contributed by atoms with E-state index < -0.39 is 0 Å². The van der Waals surface area contributed by atoms with Crippen molar-refractivity contribution in [1.82, 2.24) is 19.8 Å². The molecule has 2 aromatic rings. The molecule has 0 spiro atoms. The molecule has 0 aromatic carbocycles. The van der Waals surface area contributed by atoms with Gasteiger partial charge >= 0.3 is 0 Å². The molecule has 0 amide bonds. The highest BCUT2D eigenvalue weighted by atomic mass is 35.5. The van der Waals surface area contributed by atoms with E-state index >= 15 is 0 Å². The molecule has 1 aliphatic rings. The van der Waals surface area contributed by atoms with Crippen LogP contribution in [0.25, 0.3) is 11.7 Å². The number of hydrogen-bond acceptors (Lipinski definition) is 3. The van der Waals surface area contributed by atoms with E-state index in [2.05, 4.69) is 21.2 Å². The molecule has 0 radical (unpaired) electrons. The lowest BCUT2D eigenvalue weighted by molar-refractivity contribution is 0.418. The van der Waals surface area contributed by atoms with Crippen LogP contribution in [0.5, 0.6) is 0 Å². The highest BCUT2D eigenvalue weighted by Gasteiger charge is 2.23. The molecule has 0 unspecified atom stereocenters. The van der Waals surface area contributed by atoms with E-state index in [-0.39, 0.29) is 0 Å². The van der Waals surface area contributed by atoms with Crippen LogP contribution in [0.15, 0.2) is 12.1 Å². The van der Waals surface area contributed by atoms with Crippen molar-refractivity contribution >= 4 is 23.3 Å². The smallest absolute Gasteiger partial charge is 0.178 e. The fourth-order valence-corrected chi connectivity index (χ4v) is 2.36. The van der Waals surface area contributed by atoms with Crippen molar-refractivity contribution < 1.29 is 0 Å². The number of allylic oxidation sites excluding steroid dienone is 1. The lowest BCUT2D eigenvalue weighted by Gasteiger charge is -2.25. The maximum Gasteiger partial charge on any atom is 0.178 e. The molecule has 18 heavy (non-hydrogen) atoms. The van der Waals surface area contributed by atoms with Gasteiger partial charge in [-0.3, -0.25) is 0 Å². The third-order valence-corrected chi connectivity index (χ3v) is 3.57. The molecule has 2 heterocycles. The standard InChI is InChI=1S/C13H11ClN4/c1-2-3-7-11-15-16-12-8-10(9-5-4-6-9)13(14)17-18(11)12/h1,3,7-9H,4-6H2/b7-3+. The lowest BCUT2D eigenvalue weighted by Crippen LogP contribution is -2.11. The Kier molecular flexibility index (Phi) is 2.77. The molecule has 1 saturated carbocycles. The molecule has 3 rings (SSSR count). The molecular formula is C13H11ClN4. The van der Waals surface area contributed by atoms with Gasteiger partial charge in [-0.15, -0.1) is 16.6 Å². The summed E-state index contributed by atoms with van der Waals surface area (Å²) in [4.78, 5) is 0. The average molecular weight is 259 g/mol. The number of aromatic nitrogens is 4. The van der Waals surface area contributed by atoms with E-state index in [9.17, 15) is 0 Å². The molecule has 0 aliphatic heterocycles. The van der Waals surface area contributed by atoms with Crippen LogP contribution >= 0.6 is 11.6 Å². The summed E-state index contributed by atoms with van der Waals surface area (Å²) in [6, 6.07) is 1.97. The maximum absolute atomic E-state index is 6.22. The van der Waals surface area contributed by atoms with Crippen LogP contribution in [0, 0.1) is 12.3 Å². The summed E-state index contributed by atoms with van der Waals surface area (Å²) in [6.07, 6.45) is 12.0. The Hall–Kier alpha value is -1.86. The van der Waals surface area contributed by atoms with Crippen LogP contribution in [-0.4, -0.2) is 19.8 Å². The fourth-order valence-electron chi connectivity index (χ4n) is 2.07. The van der Waals surface area contributed by atoms with E-state index in [1.165, 1.54) is 19.3 Å². The van der Waals surface area contributed by atoms with Gasteiger partial charge in [0.05, 0.1) is 0 Å². The van der Waals surface area contributed by atoms with Gasteiger partial charge in [0, 0.05) is 0 Å². The van der Waals surface area contributed by atoms with E-state index in [0.717, 1.165) is 5.56 Å². The van der Waals surface area contributed by atoms with Crippen LogP contribution in [0.2, 0.25) is 5.15 Å². The first kappa shape index (κ1) is 11.2. The number of nitrogens with zero attached hydrogens (tertiary/aromatic N) is 4. The molecule has 0 N–H and O–H groups in total. The van der Waals surface area contributed by atoms with Crippen LogP contribution in [0.4, 0.5) is 0 Å². The topological polar surface area (TPSA) is 43.1 Å².